The molecule has 0 aliphatic rings. The van der Waals surface area contributed by atoms with Crippen LogP contribution in [-0.2, 0) is 14.3 Å². The van der Waals surface area contributed by atoms with Crippen LogP contribution in [0.2, 0.25) is 0 Å². The molecular weight excluding hydrogens is 206 g/mol. The number of esters is 1. The van der Waals surface area contributed by atoms with Gasteiger partial charge in [-0.25, -0.2) is 0 Å². The maximum atomic E-state index is 11.1. The number of nitrogens with one attached hydrogen (secondary N) is 1. The Morgan fingerprint density at radius 1 is 1.06 bits per heavy atom. The number of rotatable bonds is 11. The Morgan fingerprint density at radius 2 is 1.88 bits per heavy atom. The summed E-state index contributed by atoms with van der Waals surface area (Å²) in [6.07, 6.45) is 3.58. The molecule has 1 N–H and O–H groups in total. The molecule has 0 amide bonds. The number of carbonyl (C=O) groups excluding carboxylic acids is 1. The third-order valence-corrected chi connectivity index (χ3v) is 2.08. The van der Waals surface area contributed by atoms with Crippen LogP contribution in [0, 0.1) is 0 Å². The second-order valence-corrected chi connectivity index (χ2v) is 3.69. The Labute approximate surface area is 98.7 Å². The third kappa shape index (κ3) is 11.5. The zero-order valence-corrected chi connectivity index (χ0v) is 10.6. The van der Waals surface area contributed by atoms with Gasteiger partial charge in [-0.05, 0) is 19.4 Å². The molecule has 96 valence electrons. The Bertz CT molecular complexity index is 162. The van der Waals surface area contributed by atoms with E-state index in [1.54, 1.807) is 0 Å². The summed E-state index contributed by atoms with van der Waals surface area (Å²) >= 11 is 0. The fourth-order valence-electron chi connectivity index (χ4n) is 1.16. The molecule has 0 aromatic carbocycles. The summed E-state index contributed by atoms with van der Waals surface area (Å²) in [6.45, 7) is 7.60. The first-order chi connectivity index (χ1) is 7.81. The van der Waals surface area contributed by atoms with Crippen LogP contribution in [0.3, 0.4) is 0 Å². The average Bonchev–Trinajstić information content (AvgIpc) is 2.30. The van der Waals surface area contributed by atoms with Crippen molar-refractivity contribution in [2.24, 2.45) is 0 Å². The predicted molar refractivity (Wildman–Crippen MR) is 64.5 cm³/mol. The Morgan fingerprint density at radius 3 is 2.56 bits per heavy atom. The molecule has 0 spiro atoms. The van der Waals surface area contributed by atoms with E-state index in [1.165, 1.54) is 0 Å². The van der Waals surface area contributed by atoms with E-state index >= 15 is 0 Å². The molecule has 0 aliphatic carbocycles. The van der Waals surface area contributed by atoms with Gasteiger partial charge in [0.15, 0.2) is 0 Å². The molecule has 0 radical (unpaired) electrons. The maximum absolute atomic E-state index is 11.1. The highest BCUT2D eigenvalue weighted by atomic mass is 16.6. The molecule has 4 nitrogen and oxygen atoms in total. The van der Waals surface area contributed by atoms with E-state index in [0.717, 1.165) is 32.4 Å². The van der Waals surface area contributed by atoms with E-state index in [2.05, 4.69) is 19.2 Å². The topological polar surface area (TPSA) is 47.6 Å². The fraction of sp³-hybridized carbons (Fsp3) is 0.917. The van der Waals surface area contributed by atoms with Gasteiger partial charge in [0.2, 0.25) is 0 Å². The van der Waals surface area contributed by atoms with Crippen LogP contribution in [0.4, 0.5) is 0 Å². The van der Waals surface area contributed by atoms with E-state index in [-0.39, 0.29) is 5.97 Å². The smallest absolute Gasteiger partial charge is 0.305 e. The molecule has 4 heteroatoms. The van der Waals surface area contributed by atoms with Crippen molar-refractivity contribution in [1.29, 1.82) is 0 Å². The first kappa shape index (κ1) is 15.4. The highest BCUT2D eigenvalue weighted by Crippen LogP contribution is 1.96. The summed E-state index contributed by atoms with van der Waals surface area (Å²) in [4.78, 5) is 11.1. The molecule has 0 rings (SSSR count). The molecule has 0 saturated heterocycles. The summed E-state index contributed by atoms with van der Waals surface area (Å²) in [5.74, 6) is -0.116. The van der Waals surface area contributed by atoms with Crippen LogP contribution in [0.5, 0.6) is 0 Å². The molecular formula is C12H25NO3. The van der Waals surface area contributed by atoms with Crippen molar-refractivity contribution >= 4 is 5.97 Å². The van der Waals surface area contributed by atoms with E-state index in [9.17, 15) is 4.79 Å². The molecule has 0 aromatic rings. The van der Waals surface area contributed by atoms with Gasteiger partial charge in [0, 0.05) is 13.0 Å². The zero-order valence-electron chi connectivity index (χ0n) is 10.6. The van der Waals surface area contributed by atoms with Gasteiger partial charge in [-0.1, -0.05) is 20.3 Å². The maximum Gasteiger partial charge on any atom is 0.305 e. The number of hydrogen-bond acceptors (Lipinski definition) is 4. The third-order valence-electron chi connectivity index (χ3n) is 2.08. The van der Waals surface area contributed by atoms with E-state index in [4.69, 9.17) is 9.47 Å². The van der Waals surface area contributed by atoms with Gasteiger partial charge >= 0.3 is 5.97 Å². The minimum Gasteiger partial charge on any atom is -0.463 e. The van der Waals surface area contributed by atoms with Crippen molar-refractivity contribution in [2.45, 2.75) is 39.5 Å². The second kappa shape index (κ2) is 12.5. The predicted octanol–water partition coefficient (Wildman–Crippen LogP) is 1.74. The Hall–Kier alpha value is -0.610. The Balaban J connectivity index is 3.05. The second-order valence-electron chi connectivity index (χ2n) is 3.69. The molecule has 0 fully saturated rings. The molecule has 0 bridgehead atoms. The van der Waals surface area contributed by atoms with Crippen LogP contribution < -0.4 is 5.32 Å². The van der Waals surface area contributed by atoms with Crippen LogP contribution in [-0.4, -0.2) is 38.9 Å². The van der Waals surface area contributed by atoms with E-state index in [0.29, 0.717) is 26.2 Å². The van der Waals surface area contributed by atoms with E-state index in [1.807, 2.05) is 0 Å². The van der Waals surface area contributed by atoms with Crippen molar-refractivity contribution in [3.8, 4) is 0 Å². The number of unbranched alkanes of at least 4 members (excludes halogenated alkanes) is 1. The molecule has 0 aromatic heterocycles. The highest BCUT2D eigenvalue weighted by Gasteiger charge is 2.00. The monoisotopic (exact) mass is 231 g/mol. The van der Waals surface area contributed by atoms with Crippen molar-refractivity contribution < 1.29 is 14.3 Å². The lowest BCUT2D eigenvalue weighted by molar-refractivity contribution is -0.145. The van der Waals surface area contributed by atoms with Gasteiger partial charge in [0.1, 0.15) is 6.61 Å². The normalized spacial score (nSPS) is 10.4. The molecule has 0 aliphatic heterocycles. The lowest BCUT2D eigenvalue weighted by Gasteiger charge is -2.06. The van der Waals surface area contributed by atoms with Crippen LogP contribution in [0.1, 0.15) is 39.5 Å². The minimum atomic E-state index is -0.116. The minimum absolute atomic E-state index is 0.116. The molecule has 16 heavy (non-hydrogen) atoms. The van der Waals surface area contributed by atoms with Gasteiger partial charge in [-0.3, -0.25) is 4.79 Å². The lowest BCUT2D eigenvalue weighted by Crippen LogP contribution is -2.21. The van der Waals surface area contributed by atoms with Crippen molar-refractivity contribution in [3.63, 3.8) is 0 Å². The number of carbonyl (C=O) groups is 1. The summed E-state index contributed by atoms with van der Waals surface area (Å²) in [6, 6.07) is 0. The van der Waals surface area contributed by atoms with Crippen LogP contribution in [0.15, 0.2) is 0 Å². The number of ether oxygens (including phenoxy) is 2. The van der Waals surface area contributed by atoms with Crippen LogP contribution in [0.25, 0.3) is 0 Å². The van der Waals surface area contributed by atoms with Gasteiger partial charge in [0.05, 0.1) is 13.2 Å². The summed E-state index contributed by atoms with van der Waals surface area (Å²) in [7, 11) is 0. The highest BCUT2D eigenvalue weighted by molar-refractivity contribution is 5.69. The van der Waals surface area contributed by atoms with Gasteiger partial charge in [-0.2, -0.15) is 0 Å². The number of hydrogen-bond donors (Lipinski definition) is 1. The van der Waals surface area contributed by atoms with Crippen molar-refractivity contribution in [2.75, 3.05) is 32.9 Å². The quantitative estimate of drug-likeness (QED) is 0.434. The summed E-state index contributed by atoms with van der Waals surface area (Å²) in [5, 5.41) is 3.23. The molecule has 0 heterocycles. The summed E-state index contributed by atoms with van der Waals surface area (Å²) in [5.41, 5.74) is 0. The Kier molecular flexibility index (Phi) is 12.0. The first-order valence-electron chi connectivity index (χ1n) is 6.25. The van der Waals surface area contributed by atoms with Crippen molar-refractivity contribution in [3.05, 3.63) is 0 Å². The first-order valence-corrected chi connectivity index (χ1v) is 6.25. The fourth-order valence-corrected chi connectivity index (χ4v) is 1.16. The average molecular weight is 231 g/mol. The zero-order chi connectivity index (χ0) is 12.1. The standard InChI is InChI=1S/C12H25NO3/c1-3-5-6-12(14)16-11-10-15-9-8-13-7-4-2/h13H,3-11H2,1-2H3. The van der Waals surface area contributed by atoms with Gasteiger partial charge in [-0.15, -0.1) is 0 Å². The molecule has 0 saturated carbocycles. The molecule has 0 atom stereocenters. The van der Waals surface area contributed by atoms with Crippen LogP contribution >= 0.6 is 0 Å². The van der Waals surface area contributed by atoms with Gasteiger partial charge in [0.25, 0.3) is 0 Å². The van der Waals surface area contributed by atoms with E-state index < -0.39 is 0 Å². The largest absolute Gasteiger partial charge is 0.463 e. The molecule has 0 unspecified atom stereocenters. The summed E-state index contributed by atoms with van der Waals surface area (Å²) < 4.78 is 10.3. The van der Waals surface area contributed by atoms with Crippen molar-refractivity contribution in [1.82, 2.24) is 5.32 Å². The lowest BCUT2D eigenvalue weighted by atomic mass is 10.2. The SMILES string of the molecule is CCCCC(=O)OCCOCCNCCC. The van der Waals surface area contributed by atoms with Gasteiger partial charge < -0.3 is 14.8 Å².